The van der Waals surface area contributed by atoms with Crippen molar-refractivity contribution in [3.05, 3.63) is 45.1 Å². The number of methoxy groups -OCH3 is 1. The number of nitrogens with one attached hydrogen (secondary N) is 1. The molecule has 1 atom stereocenters. The number of hydrogen-bond acceptors (Lipinski definition) is 6. The van der Waals surface area contributed by atoms with E-state index < -0.39 is 0 Å². The Labute approximate surface area is 191 Å². The number of nitrogens with zero attached hydrogens (tertiary/aromatic N) is 2. The smallest absolute Gasteiger partial charge is 0.267 e. The molecule has 3 rings (SSSR count). The lowest BCUT2D eigenvalue weighted by atomic mass is 10.2. The molecule has 0 aliphatic heterocycles. The molecule has 6 nitrogen and oxygen atoms in total. The first-order valence-electron chi connectivity index (χ1n) is 10.5. The molecular formula is C23H29N3O3S2. The van der Waals surface area contributed by atoms with E-state index in [1.807, 2.05) is 38.1 Å². The number of rotatable bonds is 9. The van der Waals surface area contributed by atoms with Gasteiger partial charge in [-0.15, -0.1) is 11.3 Å². The van der Waals surface area contributed by atoms with Crippen molar-refractivity contribution in [2.75, 3.05) is 12.9 Å². The quantitative estimate of drug-likeness (QED) is 0.370. The zero-order chi connectivity index (χ0) is 22.5. The summed E-state index contributed by atoms with van der Waals surface area (Å²) in [5, 5.41) is 4.17. The van der Waals surface area contributed by atoms with E-state index in [1.54, 1.807) is 23.0 Å². The van der Waals surface area contributed by atoms with E-state index in [2.05, 4.69) is 19.2 Å². The predicted molar refractivity (Wildman–Crippen MR) is 129 cm³/mol. The van der Waals surface area contributed by atoms with Crippen LogP contribution in [-0.2, 0) is 11.2 Å². The van der Waals surface area contributed by atoms with Crippen LogP contribution < -0.4 is 15.6 Å². The van der Waals surface area contributed by atoms with Gasteiger partial charge in [-0.25, -0.2) is 4.98 Å². The van der Waals surface area contributed by atoms with Crippen LogP contribution in [0.3, 0.4) is 0 Å². The van der Waals surface area contributed by atoms with Crippen LogP contribution in [0, 0.1) is 6.92 Å². The standard InChI is InChI=1S/C23H29N3O3S2/c1-6-9-14(3)24-19(27)13-30-23-25-21-20(15(4)18(7-2)31-21)22(28)26(23)16-10-8-11-17(12-16)29-5/h8,10-12,14H,6-7,9,13H2,1-5H3,(H,24,27). The van der Waals surface area contributed by atoms with Gasteiger partial charge in [0.1, 0.15) is 10.6 Å². The highest BCUT2D eigenvalue weighted by Gasteiger charge is 2.20. The van der Waals surface area contributed by atoms with Gasteiger partial charge in [0.05, 0.1) is 23.9 Å². The van der Waals surface area contributed by atoms with Crippen molar-refractivity contribution in [2.45, 2.75) is 58.2 Å². The van der Waals surface area contributed by atoms with E-state index in [0.29, 0.717) is 22.0 Å². The molecule has 0 saturated heterocycles. The van der Waals surface area contributed by atoms with Crippen molar-refractivity contribution in [1.82, 2.24) is 14.9 Å². The van der Waals surface area contributed by atoms with Gasteiger partial charge in [-0.05, 0) is 44.4 Å². The SMILES string of the molecule is CCCC(C)NC(=O)CSc1nc2sc(CC)c(C)c2c(=O)n1-c1cccc(OC)c1. The van der Waals surface area contributed by atoms with Gasteiger partial charge in [0, 0.05) is 17.0 Å². The summed E-state index contributed by atoms with van der Waals surface area (Å²) in [6.45, 7) is 8.15. The summed E-state index contributed by atoms with van der Waals surface area (Å²) in [6.07, 6.45) is 2.80. The summed E-state index contributed by atoms with van der Waals surface area (Å²) in [5.41, 5.74) is 1.54. The van der Waals surface area contributed by atoms with Gasteiger partial charge < -0.3 is 10.1 Å². The fraction of sp³-hybridized carbons (Fsp3) is 0.435. The van der Waals surface area contributed by atoms with Crippen LogP contribution in [0.5, 0.6) is 5.75 Å². The zero-order valence-corrected chi connectivity index (χ0v) is 20.3. The van der Waals surface area contributed by atoms with Gasteiger partial charge in [-0.3, -0.25) is 14.2 Å². The molecule has 2 aromatic heterocycles. The zero-order valence-electron chi connectivity index (χ0n) is 18.7. The van der Waals surface area contributed by atoms with Crippen molar-refractivity contribution in [3.8, 4) is 11.4 Å². The maximum absolute atomic E-state index is 13.6. The van der Waals surface area contributed by atoms with Crippen molar-refractivity contribution in [3.63, 3.8) is 0 Å². The summed E-state index contributed by atoms with van der Waals surface area (Å²) < 4.78 is 6.94. The number of ether oxygens (including phenoxy) is 1. The Balaban J connectivity index is 2.06. The highest BCUT2D eigenvalue weighted by molar-refractivity contribution is 7.99. The minimum Gasteiger partial charge on any atom is -0.497 e. The lowest BCUT2D eigenvalue weighted by molar-refractivity contribution is -0.119. The molecule has 1 N–H and O–H groups in total. The highest BCUT2D eigenvalue weighted by Crippen LogP contribution is 2.31. The van der Waals surface area contributed by atoms with E-state index in [1.165, 1.54) is 11.8 Å². The Hall–Kier alpha value is -2.32. The Bertz CT molecular complexity index is 1140. The fourth-order valence-corrected chi connectivity index (χ4v) is 5.56. The lowest BCUT2D eigenvalue weighted by Gasteiger charge is -2.15. The van der Waals surface area contributed by atoms with E-state index in [0.717, 1.165) is 34.5 Å². The predicted octanol–water partition coefficient (Wildman–Crippen LogP) is 4.72. The molecule has 0 bridgehead atoms. The van der Waals surface area contributed by atoms with Gasteiger partial charge in [-0.1, -0.05) is 38.1 Å². The number of benzene rings is 1. The molecular weight excluding hydrogens is 430 g/mol. The Morgan fingerprint density at radius 1 is 1.35 bits per heavy atom. The molecule has 1 aromatic carbocycles. The third-order valence-electron chi connectivity index (χ3n) is 5.13. The first kappa shape index (κ1) is 23.3. The van der Waals surface area contributed by atoms with Crippen molar-refractivity contribution >= 4 is 39.2 Å². The number of fused-ring (bicyclic) bond motifs is 1. The van der Waals surface area contributed by atoms with Gasteiger partial charge in [-0.2, -0.15) is 0 Å². The van der Waals surface area contributed by atoms with Gasteiger partial charge >= 0.3 is 0 Å². The second-order valence-corrected chi connectivity index (χ2v) is 9.49. The van der Waals surface area contributed by atoms with Crippen LogP contribution in [0.25, 0.3) is 15.9 Å². The molecule has 3 aromatic rings. The highest BCUT2D eigenvalue weighted by atomic mass is 32.2. The second-order valence-electron chi connectivity index (χ2n) is 7.47. The third kappa shape index (κ3) is 5.13. The lowest BCUT2D eigenvalue weighted by Crippen LogP contribution is -2.34. The molecule has 31 heavy (non-hydrogen) atoms. The van der Waals surface area contributed by atoms with Crippen LogP contribution in [-0.4, -0.2) is 34.4 Å². The molecule has 0 fully saturated rings. The van der Waals surface area contributed by atoms with Crippen LogP contribution >= 0.6 is 23.1 Å². The maximum Gasteiger partial charge on any atom is 0.267 e. The van der Waals surface area contributed by atoms with Crippen LogP contribution in [0.1, 0.15) is 44.1 Å². The number of carbonyl (C=O) groups excluding carboxylic acids is 1. The summed E-state index contributed by atoms with van der Waals surface area (Å²) in [5.74, 6) is 0.790. The third-order valence-corrected chi connectivity index (χ3v) is 7.40. The van der Waals surface area contributed by atoms with E-state index in [9.17, 15) is 9.59 Å². The van der Waals surface area contributed by atoms with Gasteiger partial charge in [0.25, 0.3) is 5.56 Å². The van der Waals surface area contributed by atoms with Crippen LogP contribution in [0.4, 0.5) is 0 Å². The van der Waals surface area contributed by atoms with Crippen molar-refractivity contribution < 1.29 is 9.53 Å². The number of amides is 1. The van der Waals surface area contributed by atoms with Crippen LogP contribution in [0.15, 0.2) is 34.2 Å². The normalized spacial score (nSPS) is 12.2. The topological polar surface area (TPSA) is 73.2 Å². The molecule has 0 radical (unpaired) electrons. The Morgan fingerprint density at radius 3 is 2.81 bits per heavy atom. The first-order valence-corrected chi connectivity index (χ1v) is 12.3. The number of thioether (sulfide) groups is 1. The average Bonchev–Trinajstić information content (AvgIpc) is 3.08. The van der Waals surface area contributed by atoms with Crippen molar-refractivity contribution in [2.24, 2.45) is 0 Å². The fourth-order valence-electron chi connectivity index (χ4n) is 3.57. The van der Waals surface area contributed by atoms with Crippen LogP contribution in [0.2, 0.25) is 0 Å². The molecule has 2 heterocycles. The molecule has 1 amide bonds. The summed E-state index contributed by atoms with van der Waals surface area (Å²) in [6, 6.07) is 7.47. The van der Waals surface area contributed by atoms with Gasteiger partial charge in [0.15, 0.2) is 5.16 Å². The molecule has 8 heteroatoms. The van der Waals surface area contributed by atoms with E-state index in [-0.39, 0.29) is 23.3 Å². The number of hydrogen-bond donors (Lipinski definition) is 1. The number of thiophene rings is 1. The number of carbonyl (C=O) groups is 1. The minimum absolute atomic E-state index is 0.0610. The summed E-state index contributed by atoms with van der Waals surface area (Å²) in [4.78, 5) is 32.7. The number of aryl methyl sites for hydroxylation is 2. The monoisotopic (exact) mass is 459 g/mol. The minimum atomic E-state index is -0.117. The molecule has 0 aliphatic carbocycles. The molecule has 1 unspecified atom stereocenters. The van der Waals surface area contributed by atoms with Gasteiger partial charge in [0.2, 0.25) is 5.91 Å². The molecule has 166 valence electrons. The summed E-state index contributed by atoms with van der Waals surface area (Å²) >= 11 is 2.83. The maximum atomic E-state index is 13.6. The van der Waals surface area contributed by atoms with E-state index >= 15 is 0 Å². The molecule has 0 aliphatic rings. The second kappa shape index (κ2) is 10.3. The average molecular weight is 460 g/mol. The Morgan fingerprint density at radius 2 is 2.13 bits per heavy atom. The number of aromatic nitrogens is 2. The molecule has 0 spiro atoms. The van der Waals surface area contributed by atoms with Crippen molar-refractivity contribution in [1.29, 1.82) is 0 Å². The largest absolute Gasteiger partial charge is 0.497 e. The van der Waals surface area contributed by atoms with E-state index in [4.69, 9.17) is 9.72 Å². The Kier molecular flexibility index (Phi) is 7.78. The first-order chi connectivity index (χ1) is 14.9. The molecule has 0 saturated carbocycles. The summed E-state index contributed by atoms with van der Waals surface area (Å²) in [7, 11) is 1.59.